The Hall–Kier alpha value is -1.40. The molecule has 0 unspecified atom stereocenters. The number of hydrogen-bond acceptors (Lipinski definition) is 1. The molecule has 1 aromatic rings. The molecule has 0 aliphatic rings. The molecule has 0 bridgehead atoms. The van der Waals surface area contributed by atoms with Gasteiger partial charge in [0.25, 0.3) is 0 Å². The van der Waals surface area contributed by atoms with Crippen molar-refractivity contribution in [3.05, 3.63) is 35.9 Å². The van der Waals surface area contributed by atoms with Crippen LogP contribution in [-0.4, -0.2) is 17.6 Å². The molecule has 1 nitrogen and oxygen atoms in total. The minimum absolute atomic E-state index is 0.510. The van der Waals surface area contributed by atoms with Crippen LogP contribution in [-0.2, 0) is 0 Å². The molecule has 0 spiro atoms. The van der Waals surface area contributed by atoms with Crippen molar-refractivity contribution in [2.24, 2.45) is 0 Å². The number of hydrogen-bond donors (Lipinski definition) is 1. The topological polar surface area (TPSA) is 20.2 Å². The Morgan fingerprint density at radius 2 is 1.85 bits per heavy atom. The Bertz CT molecular complexity index is 322. The number of halogens is 2. The molecule has 0 saturated carbocycles. The molecule has 1 rings (SSSR count). The van der Waals surface area contributed by atoms with Crippen molar-refractivity contribution in [3.63, 3.8) is 0 Å². The third-order valence-electron chi connectivity index (χ3n) is 1.36. The van der Waals surface area contributed by atoms with Gasteiger partial charge < -0.3 is 5.11 Å². The van der Waals surface area contributed by atoms with Crippen LogP contribution in [0.4, 0.5) is 8.78 Å². The van der Waals surface area contributed by atoms with E-state index in [4.69, 9.17) is 5.11 Å². The van der Waals surface area contributed by atoms with Gasteiger partial charge in [-0.15, -0.1) is 0 Å². The van der Waals surface area contributed by atoms with Crippen molar-refractivity contribution in [1.29, 1.82) is 0 Å². The number of aliphatic hydroxyl groups excluding tert-OH is 1. The van der Waals surface area contributed by atoms with E-state index in [1.165, 1.54) is 0 Å². The van der Waals surface area contributed by atoms with Crippen LogP contribution >= 0.6 is 0 Å². The van der Waals surface area contributed by atoms with E-state index < -0.39 is 12.5 Å². The summed E-state index contributed by atoms with van der Waals surface area (Å²) in [7, 11) is 0. The quantitative estimate of drug-likeness (QED) is 0.655. The van der Waals surface area contributed by atoms with E-state index >= 15 is 0 Å². The van der Waals surface area contributed by atoms with E-state index in [-0.39, 0.29) is 0 Å². The lowest BCUT2D eigenvalue weighted by Crippen LogP contribution is -2.18. The van der Waals surface area contributed by atoms with Gasteiger partial charge in [0.2, 0.25) is 0 Å². The van der Waals surface area contributed by atoms with Gasteiger partial charge >= 0.3 is 5.92 Å². The summed E-state index contributed by atoms with van der Waals surface area (Å²) in [4.78, 5) is 0. The second kappa shape index (κ2) is 4.01. The Labute approximate surface area is 75.0 Å². The normalized spacial score (nSPS) is 10.4. The molecule has 13 heavy (non-hydrogen) atoms. The van der Waals surface area contributed by atoms with Gasteiger partial charge in [0.15, 0.2) is 0 Å². The fourth-order valence-electron chi connectivity index (χ4n) is 0.725. The van der Waals surface area contributed by atoms with Gasteiger partial charge in [-0.05, 0) is 18.1 Å². The minimum Gasteiger partial charge on any atom is -0.389 e. The van der Waals surface area contributed by atoms with Gasteiger partial charge in [0.05, 0.1) is 0 Å². The lowest BCUT2D eigenvalue weighted by atomic mass is 10.2. The van der Waals surface area contributed by atoms with E-state index in [1.807, 2.05) is 0 Å². The standard InChI is InChI=1S/C10H8F2O/c11-10(12,8-13)7-6-9-4-2-1-3-5-9/h1-5,13H,8H2. The summed E-state index contributed by atoms with van der Waals surface area (Å²) >= 11 is 0. The summed E-state index contributed by atoms with van der Waals surface area (Å²) in [6.07, 6.45) is 0. The van der Waals surface area contributed by atoms with E-state index in [9.17, 15) is 8.78 Å². The highest BCUT2D eigenvalue weighted by atomic mass is 19.3. The zero-order valence-corrected chi connectivity index (χ0v) is 6.80. The highest BCUT2D eigenvalue weighted by Crippen LogP contribution is 2.09. The van der Waals surface area contributed by atoms with Crippen LogP contribution in [0, 0.1) is 11.8 Å². The lowest BCUT2D eigenvalue weighted by molar-refractivity contribution is 0.00431. The minimum atomic E-state index is -3.31. The molecule has 0 aromatic heterocycles. The summed E-state index contributed by atoms with van der Waals surface area (Å²) in [6, 6.07) is 8.44. The zero-order chi connectivity index (χ0) is 9.73. The maximum atomic E-state index is 12.4. The fourth-order valence-corrected chi connectivity index (χ4v) is 0.725. The predicted octanol–water partition coefficient (Wildman–Crippen LogP) is 1.67. The zero-order valence-electron chi connectivity index (χ0n) is 6.80. The third-order valence-corrected chi connectivity index (χ3v) is 1.36. The number of alkyl halides is 2. The Morgan fingerprint density at radius 1 is 1.23 bits per heavy atom. The molecular formula is C10H8F2O. The SMILES string of the molecule is OCC(F)(F)C#Cc1ccccc1. The molecule has 3 heteroatoms. The Balaban J connectivity index is 2.79. The summed E-state index contributed by atoms with van der Waals surface area (Å²) < 4.78 is 24.8. The average molecular weight is 182 g/mol. The van der Waals surface area contributed by atoms with Crippen molar-refractivity contribution >= 4 is 0 Å². The largest absolute Gasteiger partial charge is 0.389 e. The van der Waals surface area contributed by atoms with Crippen LogP contribution in [0.5, 0.6) is 0 Å². The summed E-state index contributed by atoms with van der Waals surface area (Å²) in [6.45, 7) is -1.24. The summed E-state index contributed by atoms with van der Waals surface area (Å²) in [5, 5.41) is 8.22. The highest BCUT2D eigenvalue weighted by molar-refractivity contribution is 5.35. The van der Waals surface area contributed by atoms with Gasteiger partial charge in [0, 0.05) is 5.56 Å². The summed E-state index contributed by atoms with van der Waals surface area (Å²) in [5.41, 5.74) is 0.510. The molecule has 0 aliphatic carbocycles. The Kier molecular flexibility index (Phi) is 2.99. The van der Waals surface area contributed by atoms with Crippen LogP contribution in [0.25, 0.3) is 0 Å². The first-order valence-electron chi connectivity index (χ1n) is 3.71. The van der Waals surface area contributed by atoms with E-state index in [2.05, 4.69) is 5.92 Å². The van der Waals surface area contributed by atoms with Crippen LogP contribution in [0.1, 0.15) is 5.56 Å². The molecule has 0 atom stereocenters. The molecule has 1 N–H and O–H groups in total. The number of rotatable bonds is 1. The van der Waals surface area contributed by atoms with Crippen molar-refractivity contribution in [1.82, 2.24) is 0 Å². The Morgan fingerprint density at radius 3 is 2.38 bits per heavy atom. The van der Waals surface area contributed by atoms with Crippen molar-refractivity contribution < 1.29 is 13.9 Å². The van der Waals surface area contributed by atoms with Crippen molar-refractivity contribution in [3.8, 4) is 11.8 Å². The highest BCUT2D eigenvalue weighted by Gasteiger charge is 2.23. The van der Waals surface area contributed by atoms with Gasteiger partial charge in [-0.25, -0.2) is 0 Å². The van der Waals surface area contributed by atoms with Crippen LogP contribution in [0.3, 0.4) is 0 Å². The van der Waals surface area contributed by atoms with Crippen LogP contribution < -0.4 is 0 Å². The van der Waals surface area contributed by atoms with Gasteiger partial charge in [-0.3, -0.25) is 0 Å². The smallest absolute Gasteiger partial charge is 0.330 e. The maximum Gasteiger partial charge on any atom is 0.330 e. The van der Waals surface area contributed by atoms with Crippen molar-refractivity contribution in [2.45, 2.75) is 5.92 Å². The summed E-state index contributed by atoms with van der Waals surface area (Å²) in [5.74, 6) is 0.658. The van der Waals surface area contributed by atoms with Gasteiger partial charge in [-0.2, -0.15) is 8.78 Å². The molecule has 1 aromatic carbocycles. The monoisotopic (exact) mass is 182 g/mol. The molecule has 0 saturated heterocycles. The first-order valence-corrected chi connectivity index (χ1v) is 3.71. The second-order valence-corrected chi connectivity index (χ2v) is 2.48. The van der Waals surface area contributed by atoms with E-state index in [1.54, 1.807) is 36.3 Å². The van der Waals surface area contributed by atoms with E-state index in [0.29, 0.717) is 5.56 Å². The first-order chi connectivity index (χ1) is 6.14. The van der Waals surface area contributed by atoms with Gasteiger partial charge in [-0.1, -0.05) is 24.1 Å². The lowest BCUT2D eigenvalue weighted by Gasteiger charge is -2.02. The number of benzene rings is 1. The van der Waals surface area contributed by atoms with Crippen LogP contribution in [0.15, 0.2) is 30.3 Å². The van der Waals surface area contributed by atoms with Gasteiger partial charge in [0.1, 0.15) is 6.61 Å². The third kappa shape index (κ3) is 3.22. The average Bonchev–Trinajstić information content (AvgIpc) is 2.17. The molecule has 68 valence electrons. The fraction of sp³-hybridized carbons (Fsp3) is 0.200. The van der Waals surface area contributed by atoms with E-state index in [0.717, 1.165) is 0 Å². The molecule has 0 radical (unpaired) electrons. The molecular weight excluding hydrogens is 174 g/mol. The molecule has 0 amide bonds. The maximum absolute atomic E-state index is 12.4. The molecule has 0 heterocycles. The van der Waals surface area contributed by atoms with Crippen LogP contribution in [0.2, 0.25) is 0 Å². The molecule has 0 aliphatic heterocycles. The second-order valence-electron chi connectivity index (χ2n) is 2.48. The molecule has 0 fully saturated rings. The number of aliphatic hydroxyl groups is 1. The predicted molar refractivity (Wildman–Crippen MR) is 45.4 cm³/mol. The van der Waals surface area contributed by atoms with Crippen molar-refractivity contribution in [2.75, 3.05) is 6.61 Å². The first kappa shape index (κ1) is 9.69.